The Morgan fingerprint density at radius 2 is 1.74 bits per heavy atom. The van der Waals surface area contributed by atoms with Crippen molar-refractivity contribution in [1.29, 1.82) is 0 Å². The number of benzene rings is 1. The lowest BCUT2D eigenvalue weighted by Crippen LogP contribution is -2.41. The van der Waals surface area contributed by atoms with Gasteiger partial charge in [-0.15, -0.1) is 0 Å². The topological polar surface area (TPSA) is 36.3 Å². The molecule has 0 saturated carbocycles. The molecule has 0 amide bonds. The molecule has 1 fully saturated rings. The van der Waals surface area contributed by atoms with Gasteiger partial charge in [-0.3, -0.25) is 0 Å². The van der Waals surface area contributed by atoms with E-state index in [1.807, 2.05) is 13.3 Å². The molecule has 1 aliphatic heterocycles. The lowest BCUT2D eigenvalue weighted by atomic mass is 9.78. The summed E-state index contributed by atoms with van der Waals surface area (Å²) in [5, 5.41) is 0. The third kappa shape index (κ3) is 2.95. The SMILES string of the molecule is Cc1ncn(Cc2cccc(B3OC(C)(C)C(C)(C)O3)c2)c1C. The molecule has 1 aromatic heterocycles. The van der Waals surface area contributed by atoms with Gasteiger partial charge in [-0.25, -0.2) is 4.98 Å². The molecule has 0 radical (unpaired) electrons. The lowest BCUT2D eigenvalue weighted by molar-refractivity contribution is 0.00578. The Bertz CT molecular complexity index is 706. The predicted molar refractivity (Wildman–Crippen MR) is 93.0 cm³/mol. The molecule has 0 aliphatic carbocycles. The summed E-state index contributed by atoms with van der Waals surface area (Å²) in [6, 6.07) is 8.42. The first-order valence-electron chi connectivity index (χ1n) is 8.12. The average molecular weight is 312 g/mol. The van der Waals surface area contributed by atoms with Crippen LogP contribution < -0.4 is 5.46 Å². The van der Waals surface area contributed by atoms with E-state index in [0.29, 0.717) is 0 Å². The van der Waals surface area contributed by atoms with Gasteiger partial charge in [-0.1, -0.05) is 24.3 Å². The van der Waals surface area contributed by atoms with Gasteiger partial charge in [0.15, 0.2) is 0 Å². The lowest BCUT2D eigenvalue weighted by Gasteiger charge is -2.32. The van der Waals surface area contributed by atoms with Crippen LogP contribution in [0.5, 0.6) is 0 Å². The fraction of sp³-hybridized carbons (Fsp3) is 0.500. The van der Waals surface area contributed by atoms with E-state index >= 15 is 0 Å². The summed E-state index contributed by atoms with van der Waals surface area (Å²) in [5.74, 6) is 0. The third-order valence-corrected chi connectivity index (χ3v) is 5.17. The van der Waals surface area contributed by atoms with E-state index in [1.54, 1.807) is 0 Å². The number of hydrogen-bond donors (Lipinski definition) is 0. The Morgan fingerprint density at radius 1 is 1.09 bits per heavy atom. The van der Waals surface area contributed by atoms with Gasteiger partial charge in [0, 0.05) is 12.2 Å². The van der Waals surface area contributed by atoms with Gasteiger partial charge in [0.2, 0.25) is 0 Å². The van der Waals surface area contributed by atoms with E-state index in [9.17, 15) is 0 Å². The van der Waals surface area contributed by atoms with Crippen LogP contribution in [0.4, 0.5) is 0 Å². The van der Waals surface area contributed by atoms with E-state index in [0.717, 1.165) is 17.7 Å². The third-order valence-electron chi connectivity index (χ3n) is 5.17. The normalized spacial score (nSPS) is 19.3. The number of aromatic nitrogens is 2. The van der Waals surface area contributed by atoms with Crippen LogP contribution in [0.3, 0.4) is 0 Å². The fourth-order valence-corrected chi connectivity index (χ4v) is 2.72. The van der Waals surface area contributed by atoms with Crippen molar-refractivity contribution in [2.24, 2.45) is 0 Å². The van der Waals surface area contributed by atoms with E-state index in [1.165, 1.54) is 11.3 Å². The standard InChI is InChI=1S/C18H25BN2O2/c1-13-14(2)21(12-20-13)11-15-8-7-9-16(10-15)19-22-17(3,4)18(5,6)23-19/h7-10,12H,11H2,1-6H3. The first-order chi connectivity index (χ1) is 10.7. The zero-order valence-corrected chi connectivity index (χ0v) is 14.9. The molecule has 122 valence electrons. The maximum atomic E-state index is 6.14. The maximum absolute atomic E-state index is 6.14. The van der Waals surface area contributed by atoms with Crippen molar-refractivity contribution in [2.75, 3.05) is 0 Å². The van der Waals surface area contributed by atoms with E-state index in [4.69, 9.17) is 9.31 Å². The van der Waals surface area contributed by atoms with Crippen molar-refractivity contribution < 1.29 is 9.31 Å². The van der Waals surface area contributed by atoms with Crippen LogP contribution in [-0.4, -0.2) is 27.9 Å². The maximum Gasteiger partial charge on any atom is 0.494 e. The highest BCUT2D eigenvalue weighted by Gasteiger charge is 2.51. The van der Waals surface area contributed by atoms with Gasteiger partial charge >= 0.3 is 7.12 Å². The Labute approximate surface area is 139 Å². The van der Waals surface area contributed by atoms with Crippen molar-refractivity contribution in [1.82, 2.24) is 9.55 Å². The zero-order valence-electron chi connectivity index (χ0n) is 14.9. The minimum Gasteiger partial charge on any atom is -0.399 e. The molecule has 0 atom stereocenters. The van der Waals surface area contributed by atoms with Gasteiger partial charge in [-0.2, -0.15) is 0 Å². The molecule has 3 rings (SSSR count). The highest BCUT2D eigenvalue weighted by atomic mass is 16.7. The van der Waals surface area contributed by atoms with Crippen molar-refractivity contribution >= 4 is 12.6 Å². The second-order valence-electron chi connectivity index (χ2n) is 7.38. The van der Waals surface area contributed by atoms with Gasteiger partial charge in [0.1, 0.15) is 0 Å². The molecular formula is C18H25BN2O2. The molecule has 23 heavy (non-hydrogen) atoms. The minimum atomic E-state index is -0.314. The summed E-state index contributed by atoms with van der Waals surface area (Å²) in [6.07, 6.45) is 1.89. The molecule has 2 heterocycles. The first-order valence-corrected chi connectivity index (χ1v) is 8.12. The molecule has 0 spiro atoms. The second kappa shape index (κ2) is 5.50. The van der Waals surface area contributed by atoms with Crippen molar-refractivity contribution in [3.63, 3.8) is 0 Å². The molecule has 4 nitrogen and oxygen atoms in total. The van der Waals surface area contributed by atoms with E-state index in [2.05, 4.69) is 68.4 Å². The molecule has 1 aromatic carbocycles. The van der Waals surface area contributed by atoms with Crippen LogP contribution in [0.15, 0.2) is 30.6 Å². The van der Waals surface area contributed by atoms with Crippen LogP contribution in [0.25, 0.3) is 0 Å². The Morgan fingerprint density at radius 3 is 2.30 bits per heavy atom. The molecule has 0 bridgehead atoms. The highest BCUT2D eigenvalue weighted by molar-refractivity contribution is 6.62. The average Bonchev–Trinajstić information content (AvgIpc) is 2.89. The summed E-state index contributed by atoms with van der Waals surface area (Å²) in [6.45, 7) is 13.2. The fourth-order valence-electron chi connectivity index (χ4n) is 2.72. The number of hydrogen-bond acceptors (Lipinski definition) is 3. The molecule has 1 saturated heterocycles. The van der Waals surface area contributed by atoms with Crippen molar-refractivity contribution in [3.05, 3.63) is 47.5 Å². The predicted octanol–water partition coefficient (Wildman–Crippen LogP) is 2.85. The highest BCUT2D eigenvalue weighted by Crippen LogP contribution is 2.36. The Kier molecular flexibility index (Phi) is 3.89. The van der Waals surface area contributed by atoms with Crippen molar-refractivity contribution in [2.45, 2.75) is 59.3 Å². The number of aryl methyl sites for hydroxylation is 1. The summed E-state index contributed by atoms with van der Waals surface area (Å²) < 4.78 is 14.4. The first kappa shape index (κ1) is 16.3. The molecule has 5 heteroatoms. The minimum absolute atomic E-state index is 0.314. The summed E-state index contributed by atoms with van der Waals surface area (Å²) in [5.41, 5.74) is 3.93. The summed E-state index contributed by atoms with van der Waals surface area (Å²) in [4.78, 5) is 4.36. The molecule has 0 N–H and O–H groups in total. The summed E-state index contributed by atoms with van der Waals surface area (Å²) in [7, 11) is -0.314. The quantitative estimate of drug-likeness (QED) is 0.818. The van der Waals surface area contributed by atoms with Gasteiger partial charge in [0.25, 0.3) is 0 Å². The second-order valence-corrected chi connectivity index (χ2v) is 7.38. The molecule has 2 aromatic rings. The molecule has 0 unspecified atom stereocenters. The van der Waals surface area contributed by atoms with Gasteiger partial charge < -0.3 is 13.9 Å². The smallest absolute Gasteiger partial charge is 0.399 e. The number of imidazole rings is 1. The number of rotatable bonds is 3. The van der Waals surface area contributed by atoms with Crippen LogP contribution in [0, 0.1) is 13.8 Å². The monoisotopic (exact) mass is 312 g/mol. The van der Waals surface area contributed by atoms with Crippen LogP contribution >= 0.6 is 0 Å². The van der Waals surface area contributed by atoms with Crippen LogP contribution in [-0.2, 0) is 15.9 Å². The van der Waals surface area contributed by atoms with Crippen LogP contribution in [0.1, 0.15) is 44.6 Å². The van der Waals surface area contributed by atoms with Gasteiger partial charge in [0.05, 0.1) is 23.2 Å². The largest absolute Gasteiger partial charge is 0.494 e. The molecular weight excluding hydrogens is 287 g/mol. The van der Waals surface area contributed by atoms with Crippen LogP contribution in [0.2, 0.25) is 0 Å². The zero-order chi connectivity index (χ0) is 16.8. The Hall–Kier alpha value is -1.59. The van der Waals surface area contributed by atoms with E-state index in [-0.39, 0.29) is 18.3 Å². The van der Waals surface area contributed by atoms with Gasteiger partial charge in [-0.05, 0) is 52.6 Å². The van der Waals surface area contributed by atoms with Crippen molar-refractivity contribution in [3.8, 4) is 0 Å². The number of nitrogens with zero attached hydrogens (tertiary/aromatic N) is 2. The summed E-state index contributed by atoms with van der Waals surface area (Å²) >= 11 is 0. The Balaban J connectivity index is 1.82. The molecule has 1 aliphatic rings. The van der Waals surface area contributed by atoms with E-state index < -0.39 is 0 Å².